The van der Waals surface area contributed by atoms with Crippen LogP contribution in [0.1, 0.15) is 36.6 Å². The lowest BCUT2D eigenvalue weighted by atomic mass is 9.98. The fraction of sp³-hybridized carbons (Fsp3) is 0.636. The molecular formula is C11H16ClNO2S2. The Bertz CT molecular complexity index is 438. The molecule has 3 nitrogen and oxygen atoms in total. The number of rotatable bonds is 5. The van der Waals surface area contributed by atoms with Crippen molar-refractivity contribution in [3.8, 4) is 0 Å². The number of sulfonamides is 1. The van der Waals surface area contributed by atoms with Gasteiger partial charge in [-0.05, 0) is 30.2 Å². The van der Waals surface area contributed by atoms with Gasteiger partial charge in [-0.2, -0.15) is 0 Å². The zero-order valence-corrected chi connectivity index (χ0v) is 11.8. The average molecular weight is 294 g/mol. The Hall–Kier alpha value is -0.100. The van der Waals surface area contributed by atoms with Gasteiger partial charge in [0.1, 0.15) is 5.21 Å². The maximum absolute atomic E-state index is 11.6. The van der Waals surface area contributed by atoms with Gasteiger partial charge < -0.3 is 0 Å². The maximum Gasteiger partial charge on any atom is 0.226 e. The lowest BCUT2D eigenvalue weighted by Crippen LogP contribution is -2.32. The number of thiophene rings is 1. The zero-order chi connectivity index (χ0) is 12.3. The first-order valence-corrected chi connectivity index (χ1v) is 8.78. The summed E-state index contributed by atoms with van der Waals surface area (Å²) < 4.78 is 26.0. The van der Waals surface area contributed by atoms with Crippen molar-refractivity contribution in [1.29, 1.82) is 0 Å². The summed E-state index contributed by atoms with van der Waals surface area (Å²) in [5.74, 6) is 0.409. The van der Waals surface area contributed by atoms with Crippen LogP contribution >= 0.6 is 22.9 Å². The van der Waals surface area contributed by atoms with Crippen molar-refractivity contribution in [2.75, 3.05) is 5.21 Å². The molecule has 0 radical (unpaired) electrons. The molecule has 0 bridgehead atoms. The molecule has 17 heavy (non-hydrogen) atoms. The van der Waals surface area contributed by atoms with Crippen LogP contribution in [0.3, 0.4) is 0 Å². The van der Waals surface area contributed by atoms with Crippen molar-refractivity contribution in [3.05, 3.63) is 22.4 Å². The van der Waals surface area contributed by atoms with Gasteiger partial charge in [0.2, 0.25) is 10.0 Å². The molecule has 0 amide bonds. The molecular weight excluding hydrogens is 278 g/mol. The predicted molar refractivity (Wildman–Crippen MR) is 71.8 cm³/mol. The third-order valence-corrected chi connectivity index (χ3v) is 5.89. The van der Waals surface area contributed by atoms with Gasteiger partial charge in [0.25, 0.3) is 0 Å². The summed E-state index contributed by atoms with van der Waals surface area (Å²) in [5.41, 5.74) is 0. The Labute approximate surface area is 111 Å². The second kappa shape index (κ2) is 5.69. The SMILES string of the molecule is O=S(=O)(CCl)NC(c1cccs1)C1CCCC1. The zero-order valence-electron chi connectivity index (χ0n) is 9.43. The first kappa shape index (κ1) is 13.3. The van der Waals surface area contributed by atoms with Crippen molar-refractivity contribution in [2.45, 2.75) is 31.7 Å². The van der Waals surface area contributed by atoms with E-state index < -0.39 is 10.0 Å². The third-order valence-electron chi connectivity index (χ3n) is 3.17. The number of hydrogen-bond donors (Lipinski definition) is 1. The van der Waals surface area contributed by atoms with E-state index in [-0.39, 0.29) is 11.3 Å². The van der Waals surface area contributed by atoms with Crippen LogP contribution in [0.2, 0.25) is 0 Å². The molecule has 0 spiro atoms. The summed E-state index contributed by atoms with van der Waals surface area (Å²) >= 11 is 7.06. The average Bonchev–Trinajstić information content (AvgIpc) is 2.99. The van der Waals surface area contributed by atoms with Gasteiger partial charge >= 0.3 is 0 Å². The van der Waals surface area contributed by atoms with E-state index in [0.717, 1.165) is 17.7 Å². The fourth-order valence-electron chi connectivity index (χ4n) is 2.37. The van der Waals surface area contributed by atoms with Crippen LogP contribution < -0.4 is 4.72 Å². The minimum atomic E-state index is -3.36. The Morgan fingerprint density at radius 3 is 2.71 bits per heavy atom. The summed E-state index contributed by atoms with van der Waals surface area (Å²) in [6.07, 6.45) is 4.56. The molecule has 1 saturated carbocycles. The molecule has 1 fully saturated rings. The molecule has 1 aliphatic rings. The number of hydrogen-bond acceptors (Lipinski definition) is 3. The summed E-state index contributed by atoms with van der Waals surface area (Å²) in [7, 11) is -3.36. The van der Waals surface area contributed by atoms with Crippen LogP contribution in [0.25, 0.3) is 0 Å². The monoisotopic (exact) mass is 293 g/mol. The minimum Gasteiger partial charge on any atom is -0.211 e. The van der Waals surface area contributed by atoms with Crippen LogP contribution in [-0.4, -0.2) is 13.6 Å². The van der Waals surface area contributed by atoms with Crippen LogP contribution in [-0.2, 0) is 10.0 Å². The van der Waals surface area contributed by atoms with E-state index in [4.69, 9.17) is 11.6 Å². The van der Waals surface area contributed by atoms with Gasteiger partial charge in [0.15, 0.2) is 0 Å². The standard InChI is InChI=1S/C11H16ClNO2S2/c12-8-17(14,15)13-11(9-4-1-2-5-9)10-6-3-7-16-10/h3,6-7,9,11,13H,1-2,4-5,8H2. The quantitative estimate of drug-likeness (QED) is 0.848. The molecule has 1 N–H and O–H groups in total. The fourth-order valence-corrected chi connectivity index (χ4v) is 4.27. The highest BCUT2D eigenvalue weighted by Gasteiger charge is 2.30. The largest absolute Gasteiger partial charge is 0.226 e. The summed E-state index contributed by atoms with van der Waals surface area (Å²) in [6, 6.07) is 3.85. The van der Waals surface area contributed by atoms with Gasteiger partial charge in [-0.15, -0.1) is 22.9 Å². The lowest BCUT2D eigenvalue weighted by molar-refractivity contribution is 0.416. The van der Waals surface area contributed by atoms with Crippen molar-refractivity contribution in [2.24, 2.45) is 5.92 Å². The molecule has 1 atom stereocenters. The Morgan fingerprint density at radius 2 is 2.18 bits per heavy atom. The Morgan fingerprint density at radius 1 is 1.47 bits per heavy atom. The van der Waals surface area contributed by atoms with Gasteiger partial charge in [-0.1, -0.05) is 18.9 Å². The Balaban J connectivity index is 2.18. The normalized spacial score (nSPS) is 19.6. The predicted octanol–water partition coefficient (Wildman–Crippen LogP) is 3.10. The molecule has 96 valence electrons. The molecule has 1 aromatic rings. The maximum atomic E-state index is 11.6. The van der Waals surface area contributed by atoms with Crippen molar-refractivity contribution in [1.82, 2.24) is 4.72 Å². The topological polar surface area (TPSA) is 46.2 Å². The first-order valence-electron chi connectivity index (χ1n) is 5.72. The summed E-state index contributed by atoms with van der Waals surface area (Å²) in [6.45, 7) is 0. The highest BCUT2D eigenvalue weighted by molar-refractivity contribution is 7.90. The van der Waals surface area contributed by atoms with Crippen molar-refractivity contribution >= 4 is 33.0 Å². The van der Waals surface area contributed by atoms with E-state index in [1.54, 1.807) is 11.3 Å². The van der Waals surface area contributed by atoms with Crippen LogP contribution in [0.4, 0.5) is 0 Å². The highest BCUT2D eigenvalue weighted by Crippen LogP contribution is 2.37. The summed E-state index contributed by atoms with van der Waals surface area (Å²) in [5, 5.41) is 1.61. The second-order valence-corrected chi connectivity index (χ2v) is 7.70. The highest BCUT2D eigenvalue weighted by atomic mass is 35.5. The molecule has 2 rings (SSSR count). The minimum absolute atomic E-state index is 0.0961. The second-order valence-electron chi connectivity index (χ2n) is 4.38. The van der Waals surface area contributed by atoms with E-state index in [2.05, 4.69) is 4.72 Å². The van der Waals surface area contributed by atoms with E-state index in [9.17, 15) is 8.42 Å². The molecule has 0 saturated heterocycles. The molecule has 0 aromatic carbocycles. The van der Waals surface area contributed by atoms with E-state index in [1.807, 2.05) is 17.5 Å². The van der Waals surface area contributed by atoms with Crippen molar-refractivity contribution < 1.29 is 8.42 Å². The van der Waals surface area contributed by atoms with Gasteiger partial charge in [-0.3, -0.25) is 0 Å². The number of nitrogens with one attached hydrogen (secondary N) is 1. The molecule has 0 aliphatic heterocycles. The van der Waals surface area contributed by atoms with Crippen molar-refractivity contribution in [3.63, 3.8) is 0 Å². The van der Waals surface area contributed by atoms with E-state index in [0.29, 0.717) is 5.92 Å². The molecule has 1 aliphatic carbocycles. The third kappa shape index (κ3) is 3.44. The van der Waals surface area contributed by atoms with Crippen LogP contribution in [0.5, 0.6) is 0 Å². The van der Waals surface area contributed by atoms with E-state index >= 15 is 0 Å². The van der Waals surface area contributed by atoms with Gasteiger partial charge in [0, 0.05) is 4.88 Å². The Kier molecular flexibility index (Phi) is 4.47. The molecule has 1 heterocycles. The van der Waals surface area contributed by atoms with Gasteiger partial charge in [0.05, 0.1) is 6.04 Å². The van der Waals surface area contributed by atoms with Gasteiger partial charge in [-0.25, -0.2) is 13.1 Å². The number of alkyl halides is 1. The molecule has 6 heteroatoms. The number of halogens is 1. The summed E-state index contributed by atoms with van der Waals surface area (Å²) in [4.78, 5) is 1.09. The first-order chi connectivity index (χ1) is 8.12. The smallest absolute Gasteiger partial charge is 0.211 e. The van der Waals surface area contributed by atoms with E-state index in [1.165, 1.54) is 12.8 Å². The molecule has 1 aromatic heterocycles. The van der Waals surface area contributed by atoms with Crippen LogP contribution in [0.15, 0.2) is 17.5 Å². The van der Waals surface area contributed by atoms with Crippen LogP contribution in [0, 0.1) is 5.92 Å². The molecule has 1 unspecified atom stereocenters. The lowest BCUT2D eigenvalue weighted by Gasteiger charge is -2.23.